The SMILES string of the molecule is NC(=S)N/N=C\Cc1nnnn1-c1ccc(I)cc1. The first kappa shape index (κ1) is 13.8. The van der Waals surface area contributed by atoms with Gasteiger partial charge in [-0.1, -0.05) is 0 Å². The number of hydrazone groups is 1. The number of aromatic nitrogens is 4. The van der Waals surface area contributed by atoms with Crippen LogP contribution in [0.5, 0.6) is 0 Å². The normalized spacial score (nSPS) is 10.8. The molecule has 0 saturated carbocycles. The monoisotopic (exact) mass is 387 g/mol. The molecule has 0 spiro atoms. The van der Waals surface area contributed by atoms with Gasteiger partial charge >= 0.3 is 0 Å². The maximum atomic E-state index is 5.25. The van der Waals surface area contributed by atoms with Gasteiger partial charge in [-0.2, -0.15) is 9.78 Å². The number of thiocarbonyl (C=S) groups is 1. The molecule has 0 unspecified atom stereocenters. The van der Waals surface area contributed by atoms with Gasteiger partial charge in [-0.15, -0.1) is 5.10 Å². The fourth-order valence-electron chi connectivity index (χ4n) is 1.35. The van der Waals surface area contributed by atoms with Crippen LogP contribution in [0.25, 0.3) is 5.69 Å². The summed E-state index contributed by atoms with van der Waals surface area (Å²) in [7, 11) is 0. The highest BCUT2D eigenvalue weighted by molar-refractivity contribution is 14.1. The van der Waals surface area contributed by atoms with Crippen molar-refractivity contribution in [1.82, 2.24) is 25.6 Å². The zero-order valence-electron chi connectivity index (χ0n) is 9.69. The van der Waals surface area contributed by atoms with Crippen molar-refractivity contribution in [1.29, 1.82) is 0 Å². The third kappa shape index (κ3) is 3.92. The van der Waals surface area contributed by atoms with E-state index in [0.29, 0.717) is 12.2 Å². The number of benzene rings is 1. The number of hydrogen-bond donors (Lipinski definition) is 2. The number of tetrazole rings is 1. The smallest absolute Gasteiger partial charge is 0.184 e. The lowest BCUT2D eigenvalue weighted by Crippen LogP contribution is -2.24. The van der Waals surface area contributed by atoms with E-state index in [1.165, 1.54) is 0 Å². The Hall–Kier alpha value is -1.62. The number of nitrogens with one attached hydrogen (secondary N) is 1. The van der Waals surface area contributed by atoms with Crippen LogP contribution in [0.4, 0.5) is 0 Å². The second kappa shape index (κ2) is 6.52. The average Bonchev–Trinajstić information content (AvgIpc) is 2.84. The Bertz CT molecular complexity index is 592. The van der Waals surface area contributed by atoms with Crippen LogP contribution in [0.15, 0.2) is 29.4 Å². The molecule has 0 atom stereocenters. The summed E-state index contributed by atoms with van der Waals surface area (Å²) < 4.78 is 2.81. The molecule has 7 nitrogen and oxygen atoms in total. The summed E-state index contributed by atoms with van der Waals surface area (Å²) in [5, 5.41) is 15.5. The zero-order valence-corrected chi connectivity index (χ0v) is 12.7. The Morgan fingerprint density at radius 1 is 1.47 bits per heavy atom. The fraction of sp³-hybridized carbons (Fsp3) is 0.100. The van der Waals surface area contributed by atoms with E-state index < -0.39 is 0 Å². The van der Waals surface area contributed by atoms with Gasteiger partial charge in [-0.05, 0) is 69.5 Å². The molecule has 0 aliphatic heterocycles. The van der Waals surface area contributed by atoms with Gasteiger partial charge in [0.1, 0.15) is 0 Å². The van der Waals surface area contributed by atoms with Crippen LogP contribution in [-0.4, -0.2) is 31.5 Å². The maximum absolute atomic E-state index is 5.25. The second-order valence-electron chi connectivity index (χ2n) is 3.48. The van der Waals surface area contributed by atoms with Crippen molar-refractivity contribution >= 4 is 46.1 Å². The summed E-state index contributed by atoms with van der Waals surface area (Å²) >= 11 is 6.87. The standard InChI is InChI=1S/C10H10IN7S/c11-7-1-3-8(4-2-7)18-9(14-16-17-18)5-6-13-15-10(12)19/h1-4,6H,5H2,(H3,12,15,19)/b13-6-. The Kier molecular flexibility index (Phi) is 4.74. The minimum Gasteiger partial charge on any atom is -0.375 e. The number of halogens is 1. The third-order valence-electron chi connectivity index (χ3n) is 2.15. The van der Waals surface area contributed by atoms with Gasteiger partial charge in [-0.3, -0.25) is 5.43 Å². The highest BCUT2D eigenvalue weighted by Crippen LogP contribution is 2.11. The molecule has 3 N–H and O–H groups in total. The van der Waals surface area contributed by atoms with E-state index in [0.717, 1.165) is 9.26 Å². The van der Waals surface area contributed by atoms with E-state index in [9.17, 15) is 0 Å². The third-order valence-corrected chi connectivity index (χ3v) is 2.96. The lowest BCUT2D eigenvalue weighted by atomic mass is 10.3. The molecule has 0 saturated heterocycles. The number of nitrogens with two attached hydrogens (primary N) is 1. The predicted octanol–water partition coefficient (Wildman–Crippen LogP) is 0.628. The van der Waals surface area contributed by atoms with E-state index >= 15 is 0 Å². The molecule has 98 valence electrons. The first-order chi connectivity index (χ1) is 9.16. The van der Waals surface area contributed by atoms with Crippen molar-refractivity contribution in [3.63, 3.8) is 0 Å². The molecule has 0 radical (unpaired) electrons. The molecule has 2 rings (SSSR count). The minimum atomic E-state index is 0.119. The molecule has 0 bridgehead atoms. The summed E-state index contributed by atoms with van der Waals surface area (Å²) in [4.78, 5) is 0. The summed E-state index contributed by atoms with van der Waals surface area (Å²) in [6.45, 7) is 0. The summed E-state index contributed by atoms with van der Waals surface area (Å²) in [6, 6.07) is 7.88. The van der Waals surface area contributed by atoms with Crippen molar-refractivity contribution in [2.75, 3.05) is 0 Å². The molecular formula is C10H10IN7S. The molecule has 1 heterocycles. The Morgan fingerprint density at radius 3 is 2.89 bits per heavy atom. The Labute approximate surface area is 128 Å². The molecule has 0 fully saturated rings. The van der Waals surface area contributed by atoms with Crippen LogP contribution in [0.3, 0.4) is 0 Å². The molecule has 0 aliphatic carbocycles. The average molecular weight is 387 g/mol. The Balaban J connectivity index is 2.11. The first-order valence-corrected chi connectivity index (χ1v) is 6.75. The van der Waals surface area contributed by atoms with E-state index in [4.69, 9.17) is 5.73 Å². The predicted molar refractivity (Wildman–Crippen MR) is 84.0 cm³/mol. The largest absolute Gasteiger partial charge is 0.375 e. The lowest BCUT2D eigenvalue weighted by molar-refractivity contribution is 0.775. The van der Waals surface area contributed by atoms with Crippen molar-refractivity contribution in [2.45, 2.75) is 6.42 Å². The molecule has 0 amide bonds. The van der Waals surface area contributed by atoms with Crippen molar-refractivity contribution in [2.24, 2.45) is 10.8 Å². The number of nitrogens with zero attached hydrogens (tertiary/aromatic N) is 5. The molecule has 0 aliphatic rings. The van der Waals surface area contributed by atoms with Crippen LogP contribution in [0.2, 0.25) is 0 Å². The highest BCUT2D eigenvalue weighted by Gasteiger charge is 2.06. The van der Waals surface area contributed by atoms with Gasteiger partial charge in [0.05, 0.1) is 5.69 Å². The quantitative estimate of drug-likeness (QED) is 0.346. The summed E-state index contributed by atoms with van der Waals surface area (Å²) in [6.07, 6.45) is 2.07. The Morgan fingerprint density at radius 2 is 2.21 bits per heavy atom. The molecule has 2 aromatic rings. The molecule has 1 aromatic heterocycles. The molecule has 1 aromatic carbocycles. The topological polar surface area (TPSA) is 94.0 Å². The molecular weight excluding hydrogens is 377 g/mol. The van der Waals surface area contributed by atoms with Gasteiger partial charge in [-0.25, -0.2) is 0 Å². The molecule has 9 heteroatoms. The van der Waals surface area contributed by atoms with Crippen LogP contribution in [0.1, 0.15) is 5.82 Å². The van der Waals surface area contributed by atoms with Crippen molar-refractivity contribution in [3.05, 3.63) is 33.7 Å². The lowest BCUT2D eigenvalue weighted by Gasteiger charge is -2.02. The van der Waals surface area contributed by atoms with Crippen molar-refractivity contribution in [3.8, 4) is 5.69 Å². The van der Waals surface area contributed by atoms with Crippen LogP contribution in [0, 0.1) is 3.57 Å². The fourth-order valence-corrected chi connectivity index (χ4v) is 1.76. The van der Waals surface area contributed by atoms with Gasteiger partial charge in [0.2, 0.25) is 0 Å². The zero-order chi connectivity index (χ0) is 13.7. The van der Waals surface area contributed by atoms with Crippen LogP contribution in [-0.2, 0) is 6.42 Å². The number of hydrogen-bond acceptors (Lipinski definition) is 5. The van der Waals surface area contributed by atoms with E-state index in [1.54, 1.807) is 10.9 Å². The van der Waals surface area contributed by atoms with Crippen LogP contribution < -0.4 is 11.2 Å². The molecule has 19 heavy (non-hydrogen) atoms. The van der Waals surface area contributed by atoms with Crippen LogP contribution >= 0.6 is 34.8 Å². The van der Waals surface area contributed by atoms with Gasteiger partial charge < -0.3 is 5.73 Å². The summed E-state index contributed by atoms with van der Waals surface area (Å²) in [5.41, 5.74) is 8.62. The first-order valence-electron chi connectivity index (χ1n) is 5.27. The van der Waals surface area contributed by atoms with Gasteiger partial charge in [0, 0.05) is 16.2 Å². The van der Waals surface area contributed by atoms with E-state index in [2.05, 4.69) is 60.9 Å². The number of rotatable bonds is 4. The second-order valence-corrected chi connectivity index (χ2v) is 5.16. The van der Waals surface area contributed by atoms with Crippen molar-refractivity contribution < 1.29 is 0 Å². The highest BCUT2D eigenvalue weighted by atomic mass is 127. The van der Waals surface area contributed by atoms with Gasteiger partial charge in [0.25, 0.3) is 0 Å². The summed E-state index contributed by atoms with van der Waals surface area (Å²) in [5.74, 6) is 0.676. The van der Waals surface area contributed by atoms with Gasteiger partial charge in [0.15, 0.2) is 10.9 Å². The minimum absolute atomic E-state index is 0.119. The van der Waals surface area contributed by atoms with E-state index in [1.807, 2.05) is 24.3 Å². The maximum Gasteiger partial charge on any atom is 0.184 e. The van der Waals surface area contributed by atoms with E-state index in [-0.39, 0.29) is 5.11 Å².